The molecule has 0 saturated carbocycles. The fraction of sp³-hybridized carbons (Fsp3) is 0.875. The van der Waals surface area contributed by atoms with Gasteiger partial charge < -0.3 is 21.3 Å². The molecule has 78 valence electrons. The molecule has 0 amide bonds. The minimum atomic E-state index is -1.28. The van der Waals surface area contributed by atoms with Gasteiger partial charge in [0.25, 0.3) is 0 Å². The number of esters is 1. The maximum Gasteiger partial charge on any atom is 0.328 e. The summed E-state index contributed by atoms with van der Waals surface area (Å²) < 4.78 is 4.73. The Morgan fingerprint density at radius 1 is 1.62 bits per heavy atom. The lowest BCUT2D eigenvalue weighted by Gasteiger charge is -2.24. The number of ether oxygens (including phenoxy) is 1. The quantitative estimate of drug-likeness (QED) is 0.465. The number of hydrogen-bond acceptors (Lipinski definition) is 5. The Morgan fingerprint density at radius 2 is 2.23 bits per heavy atom. The molecule has 0 aliphatic carbocycles. The summed E-state index contributed by atoms with van der Waals surface area (Å²) in [6.07, 6.45) is 0.939. The van der Waals surface area contributed by atoms with Crippen LogP contribution >= 0.6 is 0 Å². The second kappa shape index (κ2) is 5.90. The van der Waals surface area contributed by atoms with Crippen molar-refractivity contribution in [3.05, 3.63) is 0 Å². The summed E-state index contributed by atoms with van der Waals surface area (Å²) in [4.78, 5) is 11.3. The van der Waals surface area contributed by atoms with E-state index in [4.69, 9.17) is 21.3 Å². The number of aliphatic hydroxyl groups excluding tert-OH is 1. The maximum absolute atomic E-state index is 11.3. The Balaban J connectivity index is 4.16. The van der Waals surface area contributed by atoms with Crippen LogP contribution in [0.3, 0.4) is 0 Å². The Bertz CT molecular complexity index is 163. The second-order valence-electron chi connectivity index (χ2n) is 2.93. The molecule has 1 atom stereocenters. The summed E-state index contributed by atoms with van der Waals surface area (Å²) in [7, 11) is 0. The van der Waals surface area contributed by atoms with Crippen LogP contribution in [0.5, 0.6) is 0 Å². The summed E-state index contributed by atoms with van der Waals surface area (Å²) in [5, 5.41) is 8.94. The van der Waals surface area contributed by atoms with E-state index in [0.717, 1.165) is 0 Å². The van der Waals surface area contributed by atoms with E-state index in [0.29, 0.717) is 19.4 Å². The molecule has 13 heavy (non-hydrogen) atoms. The molecule has 5 heteroatoms. The molecule has 0 fully saturated rings. The Labute approximate surface area is 78.0 Å². The van der Waals surface area contributed by atoms with Gasteiger partial charge in [0, 0.05) is 0 Å². The fourth-order valence-electron chi connectivity index (χ4n) is 0.938. The van der Waals surface area contributed by atoms with Gasteiger partial charge in [-0.1, -0.05) is 0 Å². The second-order valence-corrected chi connectivity index (χ2v) is 2.93. The zero-order valence-electron chi connectivity index (χ0n) is 7.95. The third kappa shape index (κ3) is 3.71. The Hall–Kier alpha value is -0.650. The van der Waals surface area contributed by atoms with E-state index in [1.54, 1.807) is 6.92 Å². The van der Waals surface area contributed by atoms with Gasteiger partial charge in [-0.2, -0.15) is 0 Å². The summed E-state index contributed by atoms with van der Waals surface area (Å²) in [5.41, 5.74) is 9.63. The van der Waals surface area contributed by atoms with Crippen LogP contribution in [0.1, 0.15) is 19.8 Å². The topological polar surface area (TPSA) is 98.6 Å². The van der Waals surface area contributed by atoms with Crippen LogP contribution in [0.4, 0.5) is 0 Å². The summed E-state index contributed by atoms with van der Waals surface area (Å²) in [6.45, 7) is 1.99. The van der Waals surface area contributed by atoms with E-state index in [9.17, 15) is 4.79 Å². The van der Waals surface area contributed by atoms with E-state index in [1.807, 2.05) is 0 Å². The van der Waals surface area contributed by atoms with Crippen molar-refractivity contribution >= 4 is 5.97 Å². The lowest BCUT2D eigenvalue weighted by Crippen LogP contribution is -2.52. The van der Waals surface area contributed by atoms with Crippen molar-refractivity contribution in [2.75, 3.05) is 19.8 Å². The van der Waals surface area contributed by atoms with Gasteiger partial charge in [0.05, 0.1) is 13.2 Å². The highest BCUT2D eigenvalue weighted by Crippen LogP contribution is 2.10. The van der Waals surface area contributed by atoms with Gasteiger partial charge in [-0.25, -0.2) is 4.79 Å². The Kier molecular flexibility index (Phi) is 5.61. The molecule has 0 unspecified atom stereocenters. The van der Waals surface area contributed by atoms with Crippen molar-refractivity contribution < 1.29 is 14.6 Å². The lowest BCUT2D eigenvalue weighted by molar-refractivity contribution is -0.151. The van der Waals surface area contributed by atoms with Gasteiger partial charge >= 0.3 is 5.97 Å². The van der Waals surface area contributed by atoms with Crippen molar-refractivity contribution in [3.8, 4) is 0 Å². The predicted molar refractivity (Wildman–Crippen MR) is 48.9 cm³/mol. The number of aliphatic hydroxyl groups is 1. The normalized spacial score (nSPS) is 15.1. The van der Waals surface area contributed by atoms with Crippen molar-refractivity contribution in [2.24, 2.45) is 11.5 Å². The number of carbonyl (C=O) groups excluding carboxylic acids is 1. The third-order valence-electron chi connectivity index (χ3n) is 1.79. The largest absolute Gasteiger partial charge is 0.465 e. The predicted octanol–water partition coefficient (Wildman–Crippen LogP) is -1.02. The summed E-state index contributed by atoms with van der Waals surface area (Å²) in [6, 6.07) is 0. The molecule has 5 N–H and O–H groups in total. The highest BCUT2D eigenvalue weighted by Gasteiger charge is 2.34. The van der Waals surface area contributed by atoms with Crippen LogP contribution in [0.2, 0.25) is 0 Å². The molecular formula is C8H18N2O3. The molecule has 0 saturated heterocycles. The fourth-order valence-corrected chi connectivity index (χ4v) is 0.938. The third-order valence-corrected chi connectivity index (χ3v) is 1.79. The zero-order chi connectivity index (χ0) is 10.3. The molecule has 0 aromatic carbocycles. The average Bonchev–Trinajstić information content (AvgIpc) is 2.14. The van der Waals surface area contributed by atoms with Crippen molar-refractivity contribution in [2.45, 2.75) is 25.3 Å². The first-order valence-corrected chi connectivity index (χ1v) is 4.37. The molecule has 0 bridgehead atoms. The molecule has 5 nitrogen and oxygen atoms in total. The molecule has 0 aromatic heterocycles. The first-order chi connectivity index (χ1) is 6.10. The average molecular weight is 190 g/mol. The smallest absolute Gasteiger partial charge is 0.328 e. The van der Waals surface area contributed by atoms with E-state index in [1.165, 1.54) is 0 Å². The van der Waals surface area contributed by atoms with E-state index in [2.05, 4.69) is 0 Å². The van der Waals surface area contributed by atoms with Crippen molar-refractivity contribution in [1.82, 2.24) is 0 Å². The van der Waals surface area contributed by atoms with Crippen LogP contribution in [-0.2, 0) is 9.53 Å². The number of carbonyl (C=O) groups is 1. The van der Waals surface area contributed by atoms with Crippen LogP contribution in [0, 0.1) is 0 Å². The SMILES string of the molecule is CCOC(=O)[C@@](N)(CO)CCCN. The van der Waals surface area contributed by atoms with Gasteiger partial charge in [-0.3, -0.25) is 0 Å². The summed E-state index contributed by atoms with van der Waals surface area (Å²) >= 11 is 0. The monoisotopic (exact) mass is 190 g/mol. The van der Waals surface area contributed by atoms with E-state index < -0.39 is 18.1 Å². The zero-order valence-corrected chi connectivity index (χ0v) is 7.95. The van der Waals surface area contributed by atoms with Crippen LogP contribution in [0.15, 0.2) is 0 Å². The molecule has 0 aliphatic rings. The van der Waals surface area contributed by atoms with Crippen molar-refractivity contribution in [1.29, 1.82) is 0 Å². The van der Waals surface area contributed by atoms with Gasteiger partial charge in [-0.05, 0) is 26.3 Å². The van der Waals surface area contributed by atoms with E-state index >= 15 is 0 Å². The lowest BCUT2D eigenvalue weighted by atomic mass is 9.96. The summed E-state index contributed by atoms with van der Waals surface area (Å²) in [5.74, 6) is -0.564. The number of hydrogen-bond donors (Lipinski definition) is 3. The van der Waals surface area contributed by atoms with Crippen LogP contribution in [-0.4, -0.2) is 36.4 Å². The van der Waals surface area contributed by atoms with Gasteiger partial charge in [-0.15, -0.1) is 0 Å². The van der Waals surface area contributed by atoms with Gasteiger partial charge in [0.15, 0.2) is 0 Å². The molecule has 0 rings (SSSR count). The molecule has 0 radical (unpaired) electrons. The number of rotatable bonds is 6. The first kappa shape index (κ1) is 12.3. The van der Waals surface area contributed by atoms with Gasteiger partial charge in [0.1, 0.15) is 5.54 Å². The Morgan fingerprint density at radius 3 is 2.62 bits per heavy atom. The minimum absolute atomic E-state index is 0.264. The maximum atomic E-state index is 11.3. The van der Waals surface area contributed by atoms with Crippen LogP contribution in [0.25, 0.3) is 0 Å². The highest BCUT2D eigenvalue weighted by molar-refractivity contribution is 5.80. The van der Waals surface area contributed by atoms with E-state index in [-0.39, 0.29) is 6.61 Å². The molecule has 0 aromatic rings. The molecule has 0 heterocycles. The standard InChI is InChI=1S/C8H18N2O3/c1-2-13-7(12)8(10,6-11)4-3-5-9/h11H,2-6,9-10H2,1H3/t8-/m0/s1. The number of nitrogens with two attached hydrogens (primary N) is 2. The van der Waals surface area contributed by atoms with Crippen LogP contribution < -0.4 is 11.5 Å². The molecule has 0 aliphatic heterocycles. The van der Waals surface area contributed by atoms with Crippen molar-refractivity contribution in [3.63, 3.8) is 0 Å². The molecular weight excluding hydrogens is 172 g/mol. The minimum Gasteiger partial charge on any atom is -0.465 e. The van der Waals surface area contributed by atoms with Gasteiger partial charge in [0.2, 0.25) is 0 Å². The molecule has 0 spiro atoms. The first-order valence-electron chi connectivity index (χ1n) is 4.37. The highest BCUT2D eigenvalue weighted by atomic mass is 16.5.